The van der Waals surface area contributed by atoms with Gasteiger partial charge in [0.05, 0.1) is 0 Å². The molecule has 0 unspecified atom stereocenters. The topological polar surface area (TPSA) is 49.4 Å². The molecule has 0 spiro atoms. The van der Waals surface area contributed by atoms with Gasteiger partial charge < -0.3 is 10.2 Å². The Kier molecular flexibility index (Phi) is 6.13. The minimum atomic E-state index is -0.294. The highest BCUT2D eigenvalue weighted by Crippen LogP contribution is 2.17. The molecular weight excluding hydrogens is 300 g/mol. The van der Waals surface area contributed by atoms with Gasteiger partial charge >= 0.3 is 0 Å². The normalized spacial score (nSPS) is 10.5. The smallest absolute Gasteiger partial charge is 0.233 e. The first-order valence-electron chi connectivity index (χ1n) is 8.13. The number of rotatable bonds is 6. The van der Waals surface area contributed by atoms with Crippen molar-refractivity contribution in [1.82, 2.24) is 4.90 Å². The summed E-state index contributed by atoms with van der Waals surface area (Å²) in [6.07, 6.45) is -0.157. The van der Waals surface area contributed by atoms with E-state index in [9.17, 15) is 9.59 Å². The number of nitrogens with one attached hydrogen (secondary N) is 1. The maximum absolute atomic E-state index is 12.2. The molecule has 4 nitrogen and oxygen atoms in total. The monoisotopic (exact) mass is 324 g/mol. The van der Waals surface area contributed by atoms with Crippen LogP contribution in [0.2, 0.25) is 0 Å². The molecule has 2 amide bonds. The molecule has 0 aliphatic heterocycles. The van der Waals surface area contributed by atoms with E-state index < -0.39 is 0 Å². The SMILES string of the molecule is CC(C)c1ccc(NC(=O)CC(=O)N(C)Cc2ccccc2)cc1. The fraction of sp³-hybridized carbons (Fsp3) is 0.300. The lowest BCUT2D eigenvalue weighted by molar-refractivity contribution is -0.133. The zero-order valence-corrected chi connectivity index (χ0v) is 14.5. The zero-order valence-electron chi connectivity index (χ0n) is 14.5. The van der Waals surface area contributed by atoms with E-state index in [1.165, 1.54) is 5.56 Å². The Labute approximate surface area is 143 Å². The first-order valence-corrected chi connectivity index (χ1v) is 8.13. The van der Waals surface area contributed by atoms with Gasteiger partial charge in [-0.05, 0) is 29.2 Å². The summed E-state index contributed by atoms with van der Waals surface area (Å²) >= 11 is 0. The summed E-state index contributed by atoms with van der Waals surface area (Å²) in [5, 5.41) is 2.77. The highest BCUT2D eigenvalue weighted by molar-refractivity contribution is 6.03. The number of carbonyl (C=O) groups is 2. The van der Waals surface area contributed by atoms with E-state index in [2.05, 4.69) is 19.2 Å². The lowest BCUT2D eigenvalue weighted by Crippen LogP contribution is -2.30. The Bertz CT molecular complexity index is 679. The second kappa shape index (κ2) is 8.29. The van der Waals surface area contributed by atoms with Gasteiger partial charge in [0.25, 0.3) is 0 Å². The van der Waals surface area contributed by atoms with E-state index in [4.69, 9.17) is 0 Å². The average molecular weight is 324 g/mol. The number of carbonyl (C=O) groups excluding carboxylic acids is 2. The van der Waals surface area contributed by atoms with Crippen LogP contribution in [-0.4, -0.2) is 23.8 Å². The largest absolute Gasteiger partial charge is 0.341 e. The molecular formula is C20H24N2O2. The van der Waals surface area contributed by atoms with Crippen LogP contribution in [0, 0.1) is 0 Å². The van der Waals surface area contributed by atoms with E-state index in [1.54, 1.807) is 11.9 Å². The van der Waals surface area contributed by atoms with Crippen LogP contribution in [0.3, 0.4) is 0 Å². The second-order valence-electron chi connectivity index (χ2n) is 6.24. The van der Waals surface area contributed by atoms with Crippen molar-refractivity contribution >= 4 is 17.5 Å². The number of nitrogens with zero attached hydrogens (tertiary/aromatic N) is 1. The standard InChI is InChI=1S/C20H24N2O2/c1-15(2)17-9-11-18(12-10-17)21-19(23)13-20(24)22(3)14-16-7-5-4-6-8-16/h4-12,15H,13-14H2,1-3H3,(H,21,23). The van der Waals surface area contributed by atoms with Crippen molar-refractivity contribution in [3.05, 3.63) is 65.7 Å². The van der Waals surface area contributed by atoms with Crippen molar-refractivity contribution in [2.24, 2.45) is 0 Å². The predicted molar refractivity (Wildman–Crippen MR) is 96.7 cm³/mol. The highest BCUT2D eigenvalue weighted by Gasteiger charge is 2.14. The minimum Gasteiger partial charge on any atom is -0.341 e. The molecule has 0 atom stereocenters. The molecule has 126 valence electrons. The van der Waals surface area contributed by atoms with Gasteiger partial charge in [0.2, 0.25) is 11.8 Å². The van der Waals surface area contributed by atoms with Crippen LogP contribution >= 0.6 is 0 Å². The van der Waals surface area contributed by atoms with E-state index in [0.717, 1.165) is 5.56 Å². The summed E-state index contributed by atoms with van der Waals surface area (Å²) < 4.78 is 0. The second-order valence-corrected chi connectivity index (χ2v) is 6.24. The third kappa shape index (κ3) is 5.23. The van der Waals surface area contributed by atoms with Crippen molar-refractivity contribution in [2.75, 3.05) is 12.4 Å². The van der Waals surface area contributed by atoms with Gasteiger partial charge in [-0.15, -0.1) is 0 Å². The van der Waals surface area contributed by atoms with E-state index in [-0.39, 0.29) is 18.2 Å². The lowest BCUT2D eigenvalue weighted by atomic mass is 10.0. The number of hydrogen-bond donors (Lipinski definition) is 1. The molecule has 0 aliphatic carbocycles. The number of amides is 2. The molecule has 4 heteroatoms. The summed E-state index contributed by atoms with van der Waals surface area (Å²) in [4.78, 5) is 25.8. The third-order valence-corrected chi connectivity index (χ3v) is 3.86. The predicted octanol–water partition coefficient (Wildman–Crippen LogP) is 3.80. The van der Waals surface area contributed by atoms with E-state index in [1.807, 2.05) is 54.6 Å². The summed E-state index contributed by atoms with van der Waals surface area (Å²) in [5.74, 6) is -0.0460. The van der Waals surface area contributed by atoms with Gasteiger partial charge in [-0.2, -0.15) is 0 Å². The van der Waals surface area contributed by atoms with Crippen molar-refractivity contribution in [3.8, 4) is 0 Å². The van der Waals surface area contributed by atoms with Crippen molar-refractivity contribution in [2.45, 2.75) is 32.7 Å². The maximum atomic E-state index is 12.2. The molecule has 2 rings (SSSR count). The Morgan fingerprint density at radius 3 is 2.21 bits per heavy atom. The number of benzene rings is 2. The lowest BCUT2D eigenvalue weighted by Gasteiger charge is -2.17. The van der Waals surface area contributed by atoms with Crippen LogP contribution < -0.4 is 5.32 Å². The fourth-order valence-electron chi connectivity index (χ4n) is 2.37. The van der Waals surface area contributed by atoms with Gasteiger partial charge in [-0.25, -0.2) is 0 Å². The summed E-state index contributed by atoms with van der Waals surface area (Å²) in [5.41, 5.74) is 2.97. The molecule has 0 saturated heterocycles. The highest BCUT2D eigenvalue weighted by atomic mass is 16.2. The van der Waals surface area contributed by atoms with Crippen LogP contribution in [-0.2, 0) is 16.1 Å². The fourth-order valence-corrected chi connectivity index (χ4v) is 2.37. The van der Waals surface area contributed by atoms with Crippen LogP contribution in [0.15, 0.2) is 54.6 Å². The number of anilines is 1. The first kappa shape index (κ1) is 17.7. The molecule has 0 fully saturated rings. The molecule has 1 N–H and O–H groups in total. The summed E-state index contributed by atoms with van der Waals surface area (Å²) in [6, 6.07) is 17.4. The summed E-state index contributed by atoms with van der Waals surface area (Å²) in [7, 11) is 1.71. The van der Waals surface area contributed by atoms with E-state index >= 15 is 0 Å². The molecule has 0 radical (unpaired) electrons. The number of hydrogen-bond acceptors (Lipinski definition) is 2. The van der Waals surface area contributed by atoms with Crippen LogP contribution in [0.4, 0.5) is 5.69 Å². The Hall–Kier alpha value is -2.62. The van der Waals surface area contributed by atoms with Crippen molar-refractivity contribution in [1.29, 1.82) is 0 Å². The van der Waals surface area contributed by atoms with Crippen LogP contribution in [0.1, 0.15) is 37.3 Å². The molecule has 2 aromatic rings. The molecule has 24 heavy (non-hydrogen) atoms. The summed E-state index contributed by atoms with van der Waals surface area (Å²) in [6.45, 7) is 4.74. The van der Waals surface area contributed by atoms with Crippen molar-refractivity contribution < 1.29 is 9.59 Å². The molecule has 0 heterocycles. The molecule has 0 saturated carbocycles. The molecule has 0 bridgehead atoms. The minimum absolute atomic E-state index is 0.157. The van der Waals surface area contributed by atoms with Gasteiger partial charge in [-0.3, -0.25) is 9.59 Å². The van der Waals surface area contributed by atoms with E-state index in [0.29, 0.717) is 18.2 Å². The quantitative estimate of drug-likeness (QED) is 0.822. The van der Waals surface area contributed by atoms with Gasteiger partial charge in [0.1, 0.15) is 6.42 Å². The average Bonchev–Trinajstić information content (AvgIpc) is 2.56. The zero-order chi connectivity index (χ0) is 17.5. The van der Waals surface area contributed by atoms with Gasteiger partial charge in [0, 0.05) is 19.3 Å². The molecule has 2 aromatic carbocycles. The van der Waals surface area contributed by atoms with Crippen LogP contribution in [0.25, 0.3) is 0 Å². The first-order chi connectivity index (χ1) is 11.5. The maximum Gasteiger partial charge on any atom is 0.233 e. The van der Waals surface area contributed by atoms with Gasteiger partial charge in [-0.1, -0.05) is 56.3 Å². The molecule has 0 aliphatic rings. The Balaban J connectivity index is 1.85. The molecule has 0 aromatic heterocycles. The van der Waals surface area contributed by atoms with Crippen LogP contribution in [0.5, 0.6) is 0 Å². The Morgan fingerprint density at radius 2 is 1.62 bits per heavy atom. The Morgan fingerprint density at radius 1 is 1.00 bits per heavy atom. The van der Waals surface area contributed by atoms with Crippen molar-refractivity contribution in [3.63, 3.8) is 0 Å². The van der Waals surface area contributed by atoms with Gasteiger partial charge in [0.15, 0.2) is 0 Å². The third-order valence-electron chi connectivity index (χ3n) is 3.86.